The van der Waals surface area contributed by atoms with Crippen LogP contribution in [0.3, 0.4) is 0 Å². The predicted molar refractivity (Wildman–Crippen MR) is 122 cm³/mol. The molecular formula is C23H33NO5Si. The van der Waals surface area contributed by atoms with Crippen LogP contribution in [-0.2, 0) is 13.3 Å². The van der Waals surface area contributed by atoms with Crippen LogP contribution >= 0.6 is 0 Å². The summed E-state index contributed by atoms with van der Waals surface area (Å²) in [5.41, 5.74) is 2.36. The van der Waals surface area contributed by atoms with Gasteiger partial charge in [-0.1, -0.05) is 30.3 Å². The molecule has 0 aliphatic heterocycles. The fourth-order valence-corrected chi connectivity index (χ4v) is 5.85. The number of benzene rings is 2. The lowest BCUT2D eigenvalue weighted by molar-refractivity contribution is 0.0710. The topological polar surface area (TPSA) is 69.5 Å². The van der Waals surface area contributed by atoms with Gasteiger partial charge in [-0.3, -0.25) is 4.99 Å². The third-order valence-electron chi connectivity index (χ3n) is 4.51. The van der Waals surface area contributed by atoms with Gasteiger partial charge in [0.05, 0.1) is 12.8 Å². The molecule has 0 aliphatic rings. The maximum Gasteiger partial charge on any atom is 0.500 e. The van der Waals surface area contributed by atoms with Gasteiger partial charge in [0.15, 0.2) is 0 Å². The summed E-state index contributed by atoms with van der Waals surface area (Å²) in [5.74, 6) is 0.739. The second kappa shape index (κ2) is 12.5. The molecular weight excluding hydrogens is 398 g/mol. The molecule has 0 saturated carbocycles. The Labute approximate surface area is 180 Å². The number of rotatable bonds is 13. The molecule has 0 radical (unpaired) electrons. The van der Waals surface area contributed by atoms with Gasteiger partial charge in [-0.05, 0) is 39.3 Å². The van der Waals surface area contributed by atoms with Crippen molar-refractivity contribution in [2.75, 3.05) is 33.5 Å². The van der Waals surface area contributed by atoms with E-state index in [9.17, 15) is 5.11 Å². The molecule has 6 nitrogen and oxygen atoms in total. The molecule has 0 fully saturated rings. The highest BCUT2D eigenvalue weighted by Crippen LogP contribution is 2.26. The molecule has 30 heavy (non-hydrogen) atoms. The van der Waals surface area contributed by atoms with E-state index in [1.165, 1.54) is 0 Å². The third kappa shape index (κ3) is 6.67. The Kier molecular flexibility index (Phi) is 10.0. The van der Waals surface area contributed by atoms with E-state index in [1.807, 2.05) is 63.2 Å². The zero-order valence-electron chi connectivity index (χ0n) is 18.4. The van der Waals surface area contributed by atoms with Crippen LogP contribution in [0.4, 0.5) is 0 Å². The van der Waals surface area contributed by atoms with Crippen molar-refractivity contribution in [1.29, 1.82) is 0 Å². The smallest absolute Gasteiger partial charge is 0.500 e. The number of ether oxygens (including phenoxy) is 1. The van der Waals surface area contributed by atoms with Gasteiger partial charge in [-0.15, -0.1) is 0 Å². The van der Waals surface area contributed by atoms with Gasteiger partial charge < -0.3 is 23.1 Å². The Hall–Kier alpha value is -2.19. The molecule has 0 amide bonds. The quantitative estimate of drug-likeness (QED) is 0.283. The first kappa shape index (κ1) is 24.1. The highest BCUT2D eigenvalue weighted by atomic mass is 28.4. The fraction of sp³-hybridized carbons (Fsp3) is 0.435. The van der Waals surface area contributed by atoms with Gasteiger partial charge in [0.25, 0.3) is 0 Å². The minimum absolute atomic E-state index is 0.138. The SMILES string of the molecule is CCO[Si](CCCN=C(c1ccccc1)c1ccc(OC)cc1O)(OCC)OCC. The van der Waals surface area contributed by atoms with E-state index in [4.69, 9.17) is 23.0 Å². The molecule has 7 heteroatoms. The molecule has 1 N–H and O–H groups in total. The molecule has 0 spiro atoms. The third-order valence-corrected chi connectivity index (χ3v) is 7.66. The van der Waals surface area contributed by atoms with E-state index < -0.39 is 8.80 Å². The molecule has 0 unspecified atom stereocenters. The first-order chi connectivity index (χ1) is 14.6. The van der Waals surface area contributed by atoms with Crippen LogP contribution in [0, 0.1) is 0 Å². The number of nitrogens with zero attached hydrogens (tertiary/aromatic N) is 1. The minimum atomic E-state index is -2.68. The molecule has 0 heterocycles. The van der Waals surface area contributed by atoms with Crippen LogP contribution in [-0.4, -0.2) is 53.1 Å². The van der Waals surface area contributed by atoms with Crippen LogP contribution in [0.5, 0.6) is 11.5 Å². The van der Waals surface area contributed by atoms with Crippen molar-refractivity contribution in [3.63, 3.8) is 0 Å². The average Bonchev–Trinajstić information content (AvgIpc) is 2.75. The average molecular weight is 432 g/mol. The summed E-state index contributed by atoms with van der Waals surface area (Å²) in [5, 5.41) is 10.5. The van der Waals surface area contributed by atoms with Crippen LogP contribution in [0.15, 0.2) is 53.5 Å². The van der Waals surface area contributed by atoms with Gasteiger partial charge in [0, 0.05) is 49.6 Å². The van der Waals surface area contributed by atoms with Gasteiger partial charge in [-0.2, -0.15) is 0 Å². The number of phenols is 1. The predicted octanol–water partition coefficient (Wildman–Crippen LogP) is 4.68. The first-order valence-electron chi connectivity index (χ1n) is 10.5. The Balaban J connectivity index is 2.23. The number of aliphatic imine (C=N–C) groups is 1. The molecule has 2 rings (SSSR count). The van der Waals surface area contributed by atoms with E-state index in [0.717, 1.165) is 17.7 Å². The number of hydrogen-bond donors (Lipinski definition) is 1. The molecule has 0 saturated heterocycles. The van der Waals surface area contributed by atoms with E-state index in [0.29, 0.717) is 43.7 Å². The maximum absolute atomic E-state index is 10.5. The molecule has 0 aliphatic carbocycles. The summed E-state index contributed by atoms with van der Waals surface area (Å²) in [4.78, 5) is 4.84. The van der Waals surface area contributed by atoms with E-state index >= 15 is 0 Å². The lowest BCUT2D eigenvalue weighted by atomic mass is 10.0. The van der Waals surface area contributed by atoms with E-state index in [2.05, 4.69) is 0 Å². The molecule has 0 bridgehead atoms. The summed E-state index contributed by atoms with van der Waals surface area (Å²) in [6, 6.07) is 15.8. The number of phenolic OH excluding ortho intramolecular Hbond substituents is 1. The van der Waals surface area contributed by atoms with Crippen LogP contribution < -0.4 is 4.74 Å². The summed E-state index contributed by atoms with van der Waals surface area (Å²) in [7, 11) is -1.11. The molecule has 0 atom stereocenters. The lowest BCUT2D eigenvalue weighted by Gasteiger charge is -2.28. The van der Waals surface area contributed by atoms with Crippen molar-refractivity contribution in [1.82, 2.24) is 0 Å². The summed E-state index contributed by atoms with van der Waals surface area (Å²) in [6.07, 6.45) is 0.763. The number of aromatic hydroxyl groups is 1. The first-order valence-corrected chi connectivity index (χ1v) is 12.4. The Morgan fingerprint density at radius 1 is 0.933 bits per heavy atom. The van der Waals surface area contributed by atoms with Crippen LogP contribution in [0.1, 0.15) is 38.3 Å². The van der Waals surface area contributed by atoms with Gasteiger partial charge in [0.1, 0.15) is 11.5 Å². The van der Waals surface area contributed by atoms with E-state index in [1.54, 1.807) is 13.2 Å². The summed E-state index contributed by atoms with van der Waals surface area (Å²) in [6.45, 7) is 8.12. The van der Waals surface area contributed by atoms with Crippen LogP contribution in [0.25, 0.3) is 0 Å². The standard InChI is InChI=1S/C23H33NO5Si/c1-5-27-30(28-6-2,29-7-3)17-11-16-24-23(19-12-9-8-10-13-19)21-15-14-20(26-4)18-22(21)25/h8-10,12-15,18,25H,5-7,11,16-17H2,1-4H3. The Morgan fingerprint density at radius 3 is 2.10 bits per heavy atom. The monoisotopic (exact) mass is 431 g/mol. The second-order valence-corrected chi connectivity index (χ2v) is 9.30. The zero-order chi connectivity index (χ0) is 21.8. The molecule has 164 valence electrons. The van der Waals surface area contributed by atoms with Crippen molar-refractivity contribution >= 4 is 14.5 Å². The van der Waals surface area contributed by atoms with Crippen molar-refractivity contribution < 1.29 is 23.1 Å². The van der Waals surface area contributed by atoms with Crippen molar-refractivity contribution in [3.05, 3.63) is 59.7 Å². The Morgan fingerprint density at radius 2 is 1.57 bits per heavy atom. The largest absolute Gasteiger partial charge is 0.507 e. The molecule has 0 aromatic heterocycles. The maximum atomic E-state index is 10.5. The second-order valence-electron chi connectivity index (χ2n) is 6.57. The van der Waals surface area contributed by atoms with Crippen LogP contribution in [0.2, 0.25) is 6.04 Å². The van der Waals surface area contributed by atoms with Gasteiger partial charge >= 0.3 is 8.80 Å². The zero-order valence-corrected chi connectivity index (χ0v) is 19.4. The highest BCUT2D eigenvalue weighted by Gasteiger charge is 2.39. The molecule has 2 aromatic rings. The van der Waals surface area contributed by atoms with Gasteiger partial charge in [0.2, 0.25) is 0 Å². The van der Waals surface area contributed by atoms with Crippen molar-refractivity contribution in [3.8, 4) is 11.5 Å². The Bertz CT molecular complexity index is 780. The normalized spacial score (nSPS) is 12.2. The fourth-order valence-electron chi connectivity index (χ4n) is 3.25. The lowest BCUT2D eigenvalue weighted by Crippen LogP contribution is -2.46. The van der Waals surface area contributed by atoms with Crippen molar-refractivity contribution in [2.24, 2.45) is 4.99 Å². The van der Waals surface area contributed by atoms with E-state index in [-0.39, 0.29) is 5.75 Å². The summed E-state index contributed by atoms with van der Waals surface area (Å²) < 4.78 is 23.0. The minimum Gasteiger partial charge on any atom is -0.507 e. The molecule has 2 aromatic carbocycles. The summed E-state index contributed by atoms with van der Waals surface area (Å²) >= 11 is 0. The van der Waals surface area contributed by atoms with Crippen molar-refractivity contribution in [2.45, 2.75) is 33.2 Å². The van der Waals surface area contributed by atoms with Gasteiger partial charge in [-0.25, -0.2) is 0 Å². The highest BCUT2D eigenvalue weighted by molar-refractivity contribution is 6.60. The number of methoxy groups -OCH3 is 1. The number of hydrogen-bond acceptors (Lipinski definition) is 6.